The molecular weight excluding hydrogens is 468 g/mol. The largest absolute Gasteiger partial charge is 0.481 e. The zero-order chi connectivity index (χ0) is 24.5. The second-order valence-electron chi connectivity index (χ2n) is 8.75. The highest BCUT2D eigenvalue weighted by atomic mass is 35.5. The van der Waals surface area contributed by atoms with E-state index in [1.165, 1.54) is 23.1 Å². The zero-order valence-electron chi connectivity index (χ0n) is 18.7. The number of likely N-dealkylation sites (tertiary alicyclic amines) is 1. The van der Waals surface area contributed by atoms with Gasteiger partial charge in [-0.3, -0.25) is 14.9 Å². The van der Waals surface area contributed by atoms with Gasteiger partial charge in [-0.2, -0.15) is 0 Å². The molecule has 1 aliphatic heterocycles. The molecule has 178 valence electrons. The summed E-state index contributed by atoms with van der Waals surface area (Å²) < 4.78 is 5.57. The van der Waals surface area contributed by atoms with E-state index in [2.05, 4.69) is 17.4 Å². The first-order valence-corrected chi connectivity index (χ1v) is 11.7. The van der Waals surface area contributed by atoms with Crippen molar-refractivity contribution in [2.45, 2.75) is 12.3 Å². The normalized spacial score (nSPS) is 16.5. The quantitative estimate of drug-likeness (QED) is 0.509. The smallest absolute Gasteiger partial charge is 0.411 e. The minimum Gasteiger partial charge on any atom is -0.481 e. The van der Waals surface area contributed by atoms with Gasteiger partial charge in [0.25, 0.3) is 5.91 Å². The van der Waals surface area contributed by atoms with Crippen molar-refractivity contribution in [3.8, 4) is 11.1 Å². The Morgan fingerprint density at radius 2 is 1.66 bits per heavy atom. The number of halogens is 1. The van der Waals surface area contributed by atoms with Crippen LogP contribution in [0.1, 0.15) is 33.8 Å². The summed E-state index contributed by atoms with van der Waals surface area (Å²) in [7, 11) is 0. The molecule has 1 saturated heterocycles. The third-order valence-corrected chi connectivity index (χ3v) is 6.78. The van der Waals surface area contributed by atoms with Gasteiger partial charge in [-0.1, -0.05) is 60.1 Å². The monoisotopic (exact) mass is 490 g/mol. The van der Waals surface area contributed by atoms with E-state index < -0.39 is 18.0 Å². The van der Waals surface area contributed by atoms with E-state index >= 15 is 0 Å². The van der Waals surface area contributed by atoms with Crippen LogP contribution >= 0.6 is 11.6 Å². The number of benzene rings is 3. The highest BCUT2D eigenvalue weighted by Gasteiger charge is 2.32. The number of carboxylic acid groups (broad SMARTS) is 1. The number of nitrogens with zero attached hydrogens (tertiary/aromatic N) is 1. The number of carbonyl (C=O) groups excluding carboxylic acids is 2. The Morgan fingerprint density at radius 3 is 2.29 bits per heavy atom. The number of aliphatic carboxylic acids is 1. The first kappa shape index (κ1) is 22.9. The lowest BCUT2D eigenvalue weighted by atomic mass is 9.98. The van der Waals surface area contributed by atoms with Crippen molar-refractivity contribution in [2.75, 3.05) is 25.0 Å². The van der Waals surface area contributed by atoms with Crippen LogP contribution in [-0.2, 0) is 9.53 Å². The van der Waals surface area contributed by atoms with Crippen LogP contribution in [0.4, 0.5) is 10.5 Å². The summed E-state index contributed by atoms with van der Waals surface area (Å²) in [5.41, 5.74) is 5.11. The molecule has 7 nitrogen and oxygen atoms in total. The molecule has 0 spiro atoms. The van der Waals surface area contributed by atoms with Gasteiger partial charge in [0.05, 0.1) is 5.92 Å². The molecule has 8 heteroatoms. The SMILES string of the molecule is O=C(Nc1cc(Cl)cc(C(=O)N2CCC(C(=O)O)C2)c1)OCC1c2ccccc2-c2ccccc21. The summed E-state index contributed by atoms with van der Waals surface area (Å²) in [6, 6.07) is 20.7. The van der Waals surface area contributed by atoms with Gasteiger partial charge in [0.15, 0.2) is 0 Å². The van der Waals surface area contributed by atoms with E-state index in [-0.39, 0.29) is 35.6 Å². The van der Waals surface area contributed by atoms with Crippen molar-refractivity contribution < 1.29 is 24.2 Å². The molecule has 1 heterocycles. The molecule has 1 atom stereocenters. The second-order valence-corrected chi connectivity index (χ2v) is 9.19. The maximum atomic E-state index is 12.9. The maximum Gasteiger partial charge on any atom is 0.411 e. The molecule has 2 N–H and O–H groups in total. The number of rotatable bonds is 5. The Hall–Kier alpha value is -3.84. The second kappa shape index (κ2) is 9.43. The first-order valence-electron chi connectivity index (χ1n) is 11.4. The molecule has 1 aliphatic carbocycles. The van der Waals surface area contributed by atoms with Crippen LogP contribution in [0.5, 0.6) is 0 Å². The Labute approximate surface area is 207 Å². The van der Waals surface area contributed by atoms with Crippen molar-refractivity contribution in [1.29, 1.82) is 0 Å². The summed E-state index contributed by atoms with van der Waals surface area (Å²) in [5, 5.41) is 12.1. The van der Waals surface area contributed by atoms with Crippen LogP contribution in [0.2, 0.25) is 5.02 Å². The van der Waals surface area contributed by atoms with Gasteiger partial charge < -0.3 is 14.7 Å². The fourth-order valence-corrected chi connectivity index (χ4v) is 5.10. The van der Waals surface area contributed by atoms with Crippen LogP contribution in [0.15, 0.2) is 66.7 Å². The summed E-state index contributed by atoms with van der Waals surface area (Å²) in [6.07, 6.45) is -0.244. The van der Waals surface area contributed by atoms with Gasteiger partial charge in [-0.05, 0) is 46.9 Å². The molecule has 0 radical (unpaired) electrons. The lowest BCUT2D eigenvalue weighted by molar-refractivity contribution is -0.141. The molecule has 0 bridgehead atoms. The number of carbonyl (C=O) groups is 3. The molecule has 2 aliphatic rings. The van der Waals surface area contributed by atoms with Gasteiger partial charge in [-0.15, -0.1) is 0 Å². The molecule has 35 heavy (non-hydrogen) atoms. The third kappa shape index (κ3) is 4.59. The molecule has 1 fully saturated rings. The summed E-state index contributed by atoms with van der Waals surface area (Å²) >= 11 is 6.20. The van der Waals surface area contributed by atoms with Gasteiger partial charge >= 0.3 is 12.1 Å². The molecule has 1 unspecified atom stereocenters. The number of nitrogens with one attached hydrogen (secondary N) is 1. The fourth-order valence-electron chi connectivity index (χ4n) is 4.87. The Kier molecular flexibility index (Phi) is 6.17. The van der Waals surface area contributed by atoms with E-state index in [1.54, 1.807) is 0 Å². The van der Waals surface area contributed by atoms with E-state index in [0.29, 0.717) is 18.7 Å². The minimum atomic E-state index is -0.913. The topological polar surface area (TPSA) is 95.9 Å². The van der Waals surface area contributed by atoms with Crippen LogP contribution in [0.25, 0.3) is 11.1 Å². The number of ether oxygens (including phenoxy) is 1. The summed E-state index contributed by atoms with van der Waals surface area (Å²) in [6.45, 7) is 0.670. The highest BCUT2D eigenvalue weighted by molar-refractivity contribution is 6.31. The molecule has 0 saturated carbocycles. The predicted molar refractivity (Wildman–Crippen MR) is 132 cm³/mol. The predicted octanol–water partition coefficient (Wildman–Crippen LogP) is 5.25. The summed E-state index contributed by atoms with van der Waals surface area (Å²) in [4.78, 5) is 38.2. The van der Waals surface area contributed by atoms with Crippen molar-refractivity contribution >= 4 is 35.3 Å². The van der Waals surface area contributed by atoms with Crippen LogP contribution in [-0.4, -0.2) is 47.7 Å². The summed E-state index contributed by atoms with van der Waals surface area (Å²) in [5.74, 6) is -1.88. The first-order chi connectivity index (χ1) is 16.9. The Morgan fingerprint density at radius 1 is 1.00 bits per heavy atom. The molecule has 3 aromatic carbocycles. The number of amides is 2. The van der Waals surface area contributed by atoms with Gasteiger partial charge in [-0.25, -0.2) is 4.79 Å². The van der Waals surface area contributed by atoms with Gasteiger partial charge in [0, 0.05) is 35.3 Å². The van der Waals surface area contributed by atoms with E-state index in [1.807, 2.05) is 36.4 Å². The maximum absolute atomic E-state index is 12.9. The molecule has 5 rings (SSSR count). The van der Waals surface area contributed by atoms with E-state index in [4.69, 9.17) is 16.3 Å². The number of hydrogen-bond acceptors (Lipinski definition) is 4. The molecular formula is C27H23ClN2O5. The van der Waals surface area contributed by atoms with Crippen molar-refractivity contribution in [3.63, 3.8) is 0 Å². The average Bonchev–Trinajstić information content (AvgIpc) is 3.46. The third-order valence-electron chi connectivity index (χ3n) is 6.56. The molecule has 0 aromatic heterocycles. The van der Waals surface area contributed by atoms with Crippen molar-refractivity contribution in [2.24, 2.45) is 5.92 Å². The number of carboxylic acids is 1. The van der Waals surface area contributed by atoms with Crippen LogP contribution in [0, 0.1) is 5.92 Å². The Balaban J connectivity index is 1.26. The van der Waals surface area contributed by atoms with Gasteiger partial charge in [0.1, 0.15) is 6.61 Å². The fraction of sp³-hybridized carbons (Fsp3) is 0.222. The average molecular weight is 491 g/mol. The van der Waals surface area contributed by atoms with Gasteiger partial charge in [0.2, 0.25) is 0 Å². The number of hydrogen-bond donors (Lipinski definition) is 2. The van der Waals surface area contributed by atoms with Crippen molar-refractivity contribution in [3.05, 3.63) is 88.4 Å². The lowest BCUT2D eigenvalue weighted by Gasteiger charge is -2.17. The zero-order valence-corrected chi connectivity index (χ0v) is 19.5. The minimum absolute atomic E-state index is 0.0676. The van der Waals surface area contributed by atoms with Crippen LogP contribution < -0.4 is 5.32 Å². The van der Waals surface area contributed by atoms with E-state index in [0.717, 1.165) is 22.3 Å². The van der Waals surface area contributed by atoms with Crippen molar-refractivity contribution in [1.82, 2.24) is 4.90 Å². The van der Waals surface area contributed by atoms with E-state index in [9.17, 15) is 19.5 Å². The molecule has 3 aromatic rings. The van der Waals surface area contributed by atoms with Crippen LogP contribution in [0.3, 0.4) is 0 Å². The lowest BCUT2D eigenvalue weighted by Crippen LogP contribution is -2.30. The number of fused-ring (bicyclic) bond motifs is 3. The highest BCUT2D eigenvalue weighted by Crippen LogP contribution is 2.44. The Bertz CT molecular complexity index is 1280. The standard InChI is InChI=1S/C27H23ClN2O5/c28-18-11-17(25(31)30-10-9-16(14-30)26(32)33)12-19(13-18)29-27(34)35-15-24-22-7-3-1-5-20(22)21-6-2-4-8-23(21)24/h1-8,11-13,16,24H,9-10,14-15H2,(H,29,34)(H,32,33). The molecule has 2 amide bonds. The number of anilines is 1.